The van der Waals surface area contributed by atoms with Crippen molar-refractivity contribution in [1.29, 1.82) is 0 Å². The van der Waals surface area contributed by atoms with E-state index < -0.39 is 0 Å². The summed E-state index contributed by atoms with van der Waals surface area (Å²) < 4.78 is 5.58. The number of carbonyl (C=O) groups is 1. The van der Waals surface area contributed by atoms with E-state index in [2.05, 4.69) is 4.90 Å². The number of piperazine rings is 1. The maximum absolute atomic E-state index is 12.7. The molecule has 1 aromatic rings. The lowest BCUT2D eigenvalue weighted by molar-refractivity contribution is 0.0314. The van der Waals surface area contributed by atoms with E-state index in [1.165, 1.54) is 0 Å². The lowest BCUT2D eigenvalue weighted by atomic mass is 10.1. The van der Waals surface area contributed by atoms with Crippen LogP contribution in [-0.4, -0.2) is 59.1 Å². The van der Waals surface area contributed by atoms with Crippen molar-refractivity contribution in [2.24, 2.45) is 0 Å². The molecule has 1 aromatic heterocycles. The van der Waals surface area contributed by atoms with Gasteiger partial charge in [0.25, 0.3) is 5.91 Å². The van der Waals surface area contributed by atoms with Gasteiger partial charge in [0.2, 0.25) is 0 Å². The van der Waals surface area contributed by atoms with Gasteiger partial charge in [0.05, 0.1) is 11.7 Å². The minimum Gasteiger partial charge on any atom is -0.466 e. The summed E-state index contributed by atoms with van der Waals surface area (Å²) in [6.45, 7) is 8.86. The molecule has 2 aliphatic rings. The van der Waals surface area contributed by atoms with Crippen molar-refractivity contribution in [2.75, 3.05) is 26.2 Å². The zero-order valence-corrected chi connectivity index (χ0v) is 13.8. The Hall–Kier alpha value is -1.33. The Morgan fingerprint density at radius 1 is 1.09 bits per heavy atom. The van der Waals surface area contributed by atoms with Crippen molar-refractivity contribution < 1.29 is 14.3 Å². The third-order valence-corrected chi connectivity index (χ3v) is 5.29. The van der Waals surface area contributed by atoms with Crippen LogP contribution in [0.15, 0.2) is 4.42 Å². The molecule has 1 aliphatic carbocycles. The van der Waals surface area contributed by atoms with Gasteiger partial charge in [-0.1, -0.05) is 0 Å². The van der Waals surface area contributed by atoms with Crippen molar-refractivity contribution in [1.82, 2.24) is 9.80 Å². The van der Waals surface area contributed by atoms with E-state index in [9.17, 15) is 9.90 Å². The number of aliphatic hydroxyl groups is 1. The summed E-state index contributed by atoms with van der Waals surface area (Å²) in [5, 5.41) is 10.0. The molecule has 0 bridgehead atoms. The number of furan rings is 1. The summed E-state index contributed by atoms with van der Waals surface area (Å²) in [5.74, 6) is 1.63. The molecule has 2 atom stereocenters. The molecular weight excluding hydrogens is 280 g/mol. The Balaban J connectivity index is 1.65. The maximum Gasteiger partial charge on any atom is 0.257 e. The van der Waals surface area contributed by atoms with Crippen LogP contribution >= 0.6 is 0 Å². The van der Waals surface area contributed by atoms with E-state index in [1.807, 2.05) is 25.7 Å². The van der Waals surface area contributed by atoms with Gasteiger partial charge >= 0.3 is 0 Å². The number of amides is 1. The minimum atomic E-state index is -0.191. The van der Waals surface area contributed by atoms with Crippen LogP contribution in [0, 0.1) is 20.8 Å². The minimum absolute atomic E-state index is 0.0819. The van der Waals surface area contributed by atoms with Crippen molar-refractivity contribution in [3.8, 4) is 0 Å². The Kier molecular flexibility index (Phi) is 4.28. The van der Waals surface area contributed by atoms with Crippen LogP contribution < -0.4 is 0 Å². The third kappa shape index (κ3) is 2.68. The van der Waals surface area contributed by atoms with Crippen LogP contribution in [0.5, 0.6) is 0 Å². The van der Waals surface area contributed by atoms with E-state index in [0.29, 0.717) is 5.76 Å². The average molecular weight is 306 g/mol. The topological polar surface area (TPSA) is 56.9 Å². The van der Waals surface area contributed by atoms with Crippen LogP contribution in [0.25, 0.3) is 0 Å². The average Bonchev–Trinajstić information content (AvgIpc) is 3.03. The fourth-order valence-electron chi connectivity index (χ4n) is 3.87. The molecule has 2 heterocycles. The van der Waals surface area contributed by atoms with Gasteiger partial charge < -0.3 is 14.4 Å². The van der Waals surface area contributed by atoms with Crippen molar-refractivity contribution in [3.05, 3.63) is 22.6 Å². The second-order valence-electron chi connectivity index (χ2n) is 6.61. The highest BCUT2D eigenvalue weighted by molar-refractivity contribution is 5.97. The Morgan fingerprint density at radius 3 is 2.27 bits per heavy atom. The zero-order valence-electron chi connectivity index (χ0n) is 13.8. The lowest BCUT2D eigenvalue weighted by Gasteiger charge is -2.39. The molecular formula is C17H26N2O3. The van der Waals surface area contributed by atoms with Gasteiger partial charge in [-0.05, 0) is 40.0 Å². The van der Waals surface area contributed by atoms with E-state index in [-0.39, 0.29) is 18.1 Å². The summed E-state index contributed by atoms with van der Waals surface area (Å²) in [4.78, 5) is 17.0. The third-order valence-electron chi connectivity index (χ3n) is 5.29. The summed E-state index contributed by atoms with van der Waals surface area (Å²) in [6.07, 6.45) is 2.91. The van der Waals surface area contributed by atoms with Crippen LogP contribution in [0.2, 0.25) is 0 Å². The molecule has 3 rings (SSSR count). The smallest absolute Gasteiger partial charge is 0.257 e. The predicted molar refractivity (Wildman–Crippen MR) is 84.0 cm³/mol. The molecule has 5 heteroatoms. The van der Waals surface area contributed by atoms with E-state index >= 15 is 0 Å². The standard InChI is InChI=1S/C17H26N2O3/c1-11-12(2)22-13(3)16(11)17(21)19-9-7-18(8-10-19)14-5-4-6-15(14)20/h14-15,20H,4-10H2,1-3H3/t14-,15-/m1/s1. The fraction of sp³-hybridized carbons (Fsp3) is 0.706. The Labute approximate surface area is 131 Å². The number of nitrogens with zero attached hydrogens (tertiary/aromatic N) is 2. The molecule has 1 N–H and O–H groups in total. The first-order valence-electron chi connectivity index (χ1n) is 8.27. The lowest BCUT2D eigenvalue weighted by Crippen LogP contribution is -2.53. The Morgan fingerprint density at radius 2 is 1.77 bits per heavy atom. The summed E-state index contributed by atoms with van der Waals surface area (Å²) >= 11 is 0. The molecule has 5 nitrogen and oxygen atoms in total. The van der Waals surface area contributed by atoms with Gasteiger partial charge in [-0.15, -0.1) is 0 Å². The summed E-state index contributed by atoms with van der Waals surface area (Å²) in [5.41, 5.74) is 1.68. The quantitative estimate of drug-likeness (QED) is 0.906. The van der Waals surface area contributed by atoms with Crippen LogP contribution in [0.1, 0.15) is 46.7 Å². The normalized spacial score (nSPS) is 26.6. The molecule has 0 unspecified atom stereocenters. The number of aliphatic hydroxyl groups excluding tert-OH is 1. The molecule has 1 saturated carbocycles. The van der Waals surface area contributed by atoms with Crippen LogP contribution in [-0.2, 0) is 0 Å². The van der Waals surface area contributed by atoms with Gasteiger partial charge in [-0.2, -0.15) is 0 Å². The second kappa shape index (κ2) is 6.05. The highest BCUT2D eigenvalue weighted by atomic mass is 16.3. The monoisotopic (exact) mass is 306 g/mol. The van der Waals surface area contributed by atoms with E-state index in [4.69, 9.17) is 4.42 Å². The molecule has 122 valence electrons. The Bertz CT molecular complexity index is 558. The van der Waals surface area contributed by atoms with Crippen molar-refractivity contribution in [2.45, 2.75) is 52.2 Å². The van der Waals surface area contributed by atoms with Crippen molar-refractivity contribution >= 4 is 5.91 Å². The fourth-order valence-corrected chi connectivity index (χ4v) is 3.87. The van der Waals surface area contributed by atoms with Gasteiger partial charge in [-0.25, -0.2) is 0 Å². The molecule has 0 aromatic carbocycles. The summed E-state index contributed by atoms with van der Waals surface area (Å²) in [7, 11) is 0. The van der Waals surface area contributed by atoms with Crippen molar-refractivity contribution in [3.63, 3.8) is 0 Å². The SMILES string of the molecule is Cc1oc(C)c(C(=O)N2CCN([C@@H]3CCC[C@H]3O)CC2)c1C. The highest BCUT2D eigenvalue weighted by Crippen LogP contribution is 2.26. The first-order valence-corrected chi connectivity index (χ1v) is 8.27. The first-order chi connectivity index (χ1) is 10.5. The van der Waals surface area contributed by atoms with Gasteiger partial charge in [0.1, 0.15) is 11.5 Å². The number of carbonyl (C=O) groups excluding carboxylic acids is 1. The molecule has 1 saturated heterocycles. The number of hydrogen-bond acceptors (Lipinski definition) is 4. The largest absolute Gasteiger partial charge is 0.466 e. The first kappa shape index (κ1) is 15.6. The predicted octanol–water partition coefficient (Wildman–Crippen LogP) is 1.88. The van der Waals surface area contributed by atoms with Gasteiger partial charge in [0, 0.05) is 37.8 Å². The van der Waals surface area contributed by atoms with Gasteiger partial charge in [0.15, 0.2) is 0 Å². The number of aryl methyl sites for hydroxylation is 2. The van der Waals surface area contributed by atoms with Gasteiger partial charge in [-0.3, -0.25) is 9.69 Å². The van der Waals surface area contributed by atoms with Crippen LogP contribution in [0.3, 0.4) is 0 Å². The molecule has 2 fully saturated rings. The highest BCUT2D eigenvalue weighted by Gasteiger charge is 2.34. The summed E-state index contributed by atoms with van der Waals surface area (Å²) in [6, 6.07) is 0.289. The molecule has 22 heavy (non-hydrogen) atoms. The zero-order chi connectivity index (χ0) is 15.9. The molecule has 1 amide bonds. The van der Waals surface area contributed by atoms with E-state index in [0.717, 1.165) is 62.3 Å². The molecule has 0 spiro atoms. The number of rotatable bonds is 2. The maximum atomic E-state index is 12.7. The second-order valence-corrected chi connectivity index (χ2v) is 6.61. The van der Waals surface area contributed by atoms with E-state index in [1.54, 1.807) is 0 Å². The molecule has 1 aliphatic heterocycles. The molecule has 0 radical (unpaired) electrons. The number of hydrogen-bond donors (Lipinski definition) is 1. The van der Waals surface area contributed by atoms with Crippen LogP contribution in [0.4, 0.5) is 0 Å².